The van der Waals surface area contributed by atoms with Crippen LogP contribution in [0.15, 0.2) is 36.8 Å². The summed E-state index contributed by atoms with van der Waals surface area (Å²) in [4.78, 5) is 12.3. The van der Waals surface area contributed by atoms with Crippen molar-refractivity contribution in [3.8, 4) is 11.1 Å². The molecule has 3 aromatic rings. The van der Waals surface area contributed by atoms with Crippen molar-refractivity contribution < 1.29 is 26.3 Å². The quantitative estimate of drug-likeness (QED) is 0.388. The van der Waals surface area contributed by atoms with E-state index in [2.05, 4.69) is 14.9 Å². The minimum Gasteiger partial charge on any atom is -0.383 e. The van der Waals surface area contributed by atoms with Gasteiger partial charge < -0.3 is 15.2 Å². The topological polar surface area (TPSA) is 63.2 Å². The number of nitrogens with zero attached hydrogens (tertiary/aromatic N) is 5. The van der Waals surface area contributed by atoms with Crippen LogP contribution in [0.5, 0.6) is 0 Å². The molecule has 1 aromatic carbocycles. The van der Waals surface area contributed by atoms with Crippen LogP contribution in [0.3, 0.4) is 0 Å². The zero-order chi connectivity index (χ0) is 27.9. The van der Waals surface area contributed by atoms with E-state index in [-0.39, 0.29) is 24.6 Å². The molecule has 2 saturated heterocycles. The average Bonchev–Trinajstić information content (AvgIpc) is 3.30. The second-order valence-corrected chi connectivity index (χ2v) is 10.3. The second kappa shape index (κ2) is 10.4. The maximum atomic E-state index is 13.9. The van der Waals surface area contributed by atoms with Crippen molar-refractivity contribution in [2.45, 2.75) is 50.7 Å². The van der Waals surface area contributed by atoms with E-state index >= 15 is 0 Å². The van der Waals surface area contributed by atoms with Gasteiger partial charge in [0.2, 0.25) is 0 Å². The van der Waals surface area contributed by atoms with E-state index in [1.165, 1.54) is 12.4 Å². The zero-order valence-corrected chi connectivity index (χ0v) is 21.5. The van der Waals surface area contributed by atoms with E-state index < -0.39 is 23.5 Å². The Hall–Kier alpha value is -3.28. The Bertz CT molecular complexity index is 1320. The van der Waals surface area contributed by atoms with Gasteiger partial charge in [-0.15, -0.1) is 0 Å². The van der Waals surface area contributed by atoms with Crippen LogP contribution < -0.4 is 10.6 Å². The van der Waals surface area contributed by atoms with Crippen molar-refractivity contribution in [2.75, 3.05) is 43.4 Å². The molecule has 0 atom stereocenters. The molecule has 2 N–H and O–H groups in total. The summed E-state index contributed by atoms with van der Waals surface area (Å²) in [5, 5.41) is 0. The summed E-state index contributed by atoms with van der Waals surface area (Å²) < 4.78 is 82.6. The number of piperidine rings is 1. The van der Waals surface area contributed by atoms with Crippen LogP contribution in [0, 0.1) is 5.82 Å². The molecule has 2 aromatic heterocycles. The molecule has 39 heavy (non-hydrogen) atoms. The first kappa shape index (κ1) is 27.3. The molecule has 2 aliphatic rings. The van der Waals surface area contributed by atoms with Crippen molar-refractivity contribution in [1.29, 1.82) is 0 Å². The first-order valence-electron chi connectivity index (χ1n) is 13.0. The third-order valence-corrected chi connectivity index (χ3v) is 7.62. The van der Waals surface area contributed by atoms with Crippen molar-refractivity contribution in [3.63, 3.8) is 0 Å². The van der Waals surface area contributed by atoms with Gasteiger partial charge in [-0.1, -0.05) is 13.0 Å². The lowest BCUT2D eigenvalue weighted by Gasteiger charge is -2.39. The number of likely N-dealkylation sites (tertiary alicyclic amines) is 1. The first-order valence-corrected chi connectivity index (χ1v) is 13.0. The van der Waals surface area contributed by atoms with Crippen LogP contribution in [0.25, 0.3) is 11.1 Å². The maximum Gasteiger partial charge on any atom is 0.419 e. The van der Waals surface area contributed by atoms with Gasteiger partial charge in [-0.05, 0) is 48.6 Å². The molecule has 6 nitrogen and oxygen atoms in total. The van der Waals surface area contributed by atoms with Gasteiger partial charge in [-0.25, -0.2) is 23.1 Å². The van der Waals surface area contributed by atoms with E-state index in [0.717, 1.165) is 42.0 Å². The van der Waals surface area contributed by atoms with Crippen LogP contribution in [0.1, 0.15) is 42.5 Å². The Kier molecular flexibility index (Phi) is 7.25. The highest BCUT2D eigenvalue weighted by Crippen LogP contribution is 2.38. The molecule has 0 amide bonds. The number of halogens is 6. The minimum atomic E-state index is -4.82. The molecule has 0 saturated carbocycles. The number of anilines is 2. The van der Waals surface area contributed by atoms with Crippen molar-refractivity contribution in [2.24, 2.45) is 0 Å². The lowest BCUT2D eigenvalue weighted by molar-refractivity contribution is -0.140. The molecular formula is C27H30F6N6. The van der Waals surface area contributed by atoms with Crippen LogP contribution in [-0.2, 0) is 19.1 Å². The highest BCUT2D eigenvalue weighted by atomic mass is 19.4. The number of rotatable bonds is 7. The summed E-state index contributed by atoms with van der Waals surface area (Å²) >= 11 is 0. The molecule has 0 radical (unpaired) electrons. The number of alkyl halides is 5. The van der Waals surface area contributed by atoms with Gasteiger partial charge in [0, 0.05) is 49.6 Å². The number of nitrogen functional groups attached to an aromatic ring is 1. The molecule has 0 spiro atoms. The van der Waals surface area contributed by atoms with Crippen molar-refractivity contribution >= 4 is 11.6 Å². The Morgan fingerprint density at radius 2 is 1.74 bits per heavy atom. The summed E-state index contributed by atoms with van der Waals surface area (Å²) in [6, 6.07) is 4.83. The molecule has 0 unspecified atom stereocenters. The fourth-order valence-corrected chi connectivity index (χ4v) is 5.58. The summed E-state index contributed by atoms with van der Waals surface area (Å²) in [7, 11) is 0. The number of hydrogen-bond donors (Lipinski definition) is 1. The van der Waals surface area contributed by atoms with Crippen molar-refractivity contribution in [1.82, 2.24) is 19.4 Å². The van der Waals surface area contributed by atoms with Crippen molar-refractivity contribution in [3.05, 3.63) is 59.4 Å². The molecule has 2 fully saturated rings. The van der Waals surface area contributed by atoms with E-state index in [0.29, 0.717) is 44.0 Å². The average molecular weight is 553 g/mol. The van der Waals surface area contributed by atoms with Gasteiger partial charge in [0.1, 0.15) is 23.8 Å². The monoisotopic (exact) mass is 552 g/mol. The Labute approximate surface area is 222 Å². The lowest BCUT2D eigenvalue weighted by atomic mass is 9.92. The Morgan fingerprint density at radius 1 is 1.03 bits per heavy atom. The molecule has 0 bridgehead atoms. The number of benzene rings is 1. The Morgan fingerprint density at radius 3 is 2.38 bits per heavy atom. The summed E-state index contributed by atoms with van der Waals surface area (Å²) in [5.74, 6) is -2.64. The van der Waals surface area contributed by atoms with Gasteiger partial charge in [-0.2, -0.15) is 13.2 Å². The highest BCUT2D eigenvalue weighted by molar-refractivity contribution is 5.65. The second-order valence-electron chi connectivity index (χ2n) is 10.3. The summed E-state index contributed by atoms with van der Waals surface area (Å²) in [6.45, 7) is 3.60. The van der Waals surface area contributed by atoms with Crippen LogP contribution in [0.4, 0.5) is 38.0 Å². The largest absolute Gasteiger partial charge is 0.419 e. The van der Waals surface area contributed by atoms with Crippen LogP contribution in [-0.4, -0.2) is 58.1 Å². The molecule has 5 rings (SSSR count). The minimum absolute atomic E-state index is 0.0969. The Balaban J connectivity index is 1.39. The van der Waals surface area contributed by atoms with Crippen LogP contribution in [0.2, 0.25) is 0 Å². The molecular weight excluding hydrogens is 522 g/mol. The van der Waals surface area contributed by atoms with Gasteiger partial charge in [0.15, 0.2) is 0 Å². The predicted octanol–water partition coefficient (Wildman–Crippen LogP) is 5.58. The van der Waals surface area contributed by atoms with Gasteiger partial charge in [-0.3, -0.25) is 4.90 Å². The molecule has 12 heteroatoms. The molecule has 2 aliphatic heterocycles. The van der Waals surface area contributed by atoms with E-state index in [1.54, 1.807) is 11.1 Å². The third kappa shape index (κ3) is 5.70. The van der Waals surface area contributed by atoms with E-state index in [9.17, 15) is 26.3 Å². The molecule has 210 valence electrons. The highest BCUT2D eigenvalue weighted by Gasteiger charge is 2.43. The van der Waals surface area contributed by atoms with E-state index in [4.69, 9.17) is 5.73 Å². The van der Waals surface area contributed by atoms with Gasteiger partial charge in [0.05, 0.1) is 18.7 Å². The zero-order valence-electron chi connectivity index (χ0n) is 21.5. The molecule has 0 aliphatic carbocycles. The third-order valence-electron chi connectivity index (χ3n) is 7.62. The van der Waals surface area contributed by atoms with Gasteiger partial charge >= 0.3 is 6.18 Å². The maximum absolute atomic E-state index is 13.9. The predicted molar refractivity (Wildman–Crippen MR) is 136 cm³/mol. The SMILES string of the molecule is CCc1c(N)ncnc1N1CCC(c2cc(-c3ccc(F)c(C(F)(F)F)c3)cn2CCN2CC(F)(F)C2)CC1. The molecule has 4 heterocycles. The first-order chi connectivity index (χ1) is 18.4. The fraction of sp³-hybridized carbons (Fsp3) is 0.481. The number of nitrogens with two attached hydrogens (primary N) is 1. The summed E-state index contributed by atoms with van der Waals surface area (Å²) in [5.41, 5.74) is 7.33. The standard InChI is InChI=1S/C27H30F6N6/c1-2-20-24(34)35-16-36-25(20)38-7-5-17(6-8-38)23-12-19(13-39(23)10-9-37-14-26(29,30)15-37)18-3-4-22(28)21(11-18)27(31,32)33/h3-4,11-13,16-17H,2,5-10,14-15H2,1H3,(H2,34,35,36). The van der Waals surface area contributed by atoms with Crippen LogP contribution >= 0.6 is 0 Å². The number of hydrogen-bond acceptors (Lipinski definition) is 5. The lowest BCUT2D eigenvalue weighted by Crippen LogP contribution is -2.56. The smallest absolute Gasteiger partial charge is 0.383 e. The number of aromatic nitrogens is 3. The van der Waals surface area contributed by atoms with Gasteiger partial charge in [0.25, 0.3) is 5.92 Å². The normalized spacial score (nSPS) is 18.4. The van der Waals surface area contributed by atoms with E-state index in [1.807, 2.05) is 17.6 Å². The fourth-order valence-electron chi connectivity index (χ4n) is 5.58. The summed E-state index contributed by atoms with van der Waals surface area (Å²) in [6.07, 6.45) is 0.590.